The maximum atomic E-state index is 12.1. The number of aliphatic hydroxyl groups is 3. The summed E-state index contributed by atoms with van der Waals surface area (Å²) in [5.74, 6) is -1.48. The Balaban J connectivity index is 2.12. The zero-order valence-electron chi connectivity index (χ0n) is 14.0. The van der Waals surface area contributed by atoms with E-state index < -0.39 is 43.1 Å². The Labute approximate surface area is 147 Å². The van der Waals surface area contributed by atoms with Gasteiger partial charge in [0.05, 0.1) is 49.3 Å². The van der Waals surface area contributed by atoms with Gasteiger partial charge in [0.1, 0.15) is 18.3 Å². The van der Waals surface area contributed by atoms with Crippen LogP contribution in [0.4, 0.5) is 0 Å². The van der Waals surface area contributed by atoms with Crippen molar-refractivity contribution < 1.29 is 39.1 Å². The largest absolute Gasteiger partial charge is 0.465 e. The summed E-state index contributed by atoms with van der Waals surface area (Å²) in [7, 11) is 2.36. The normalized spacial score (nSPS) is 25.4. The number of hydrogen-bond acceptors (Lipinski definition) is 9. The first-order valence-electron chi connectivity index (χ1n) is 7.72. The van der Waals surface area contributed by atoms with E-state index in [1.807, 2.05) is 0 Å². The summed E-state index contributed by atoms with van der Waals surface area (Å²) in [6.07, 6.45) is -3.24. The van der Waals surface area contributed by atoms with E-state index in [0.717, 1.165) is 0 Å². The van der Waals surface area contributed by atoms with Crippen LogP contribution in [0.5, 0.6) is 0 Å². The molecule has 26 heavy (non-hydrogen) atoms. The average molecular weight is 366 g/mol. The van der Waals surface area contributed by atoms with Crippen molar-refractivity contribution in [2.24, 2.45) is 0 Å². The van der Waals surface area contributed by atoms with Crippen LogP contribution in [0.3, 0.4) is 0 Å². The highest BCUT2D eigenvalue weighted by atomic mass is 16.6. The van der Waals surface area contributed by atoms with E-state index in [0.29, 0.717) is 11.0 Å². The van der Waals surface area contributed by atoms with Gasteiger partial charge >= 0.3 is 11.9 Å². The maximum Gasteiger partial charge on any atom is 0.338 e. The Bertz CT molecular complexity index is 848. The topological polar surface area (TPSA) is 140 Å². The van der Waals surface area contributed by atoms with Gasteiger partial charge in [0.15, 0.2) is 6.23 Å². The van der Waals surface area contributed by atoms with Gasteiger partial charge < -0.3 is 34.1 Å². The zero-order valence-corrected chi connectivity index (χ0v) is 14.0. The molecule has 0 amide bonds. The molecule has 0 saturated carbocycles. The highest BCUT2D eigenvalue weighted by Gasteiger charge is 2.43. The van der Waals surface area contributed by atoms with Crippen molar-refractivity contribution in [1.29, 1.82) is 0 Å². The van der Waals surface area contributed by atoms with Gasteiger partial charge in [-0.25, -0.2) is 14.6 Å². The van der Waals surface area contributed by atoms with Crippen LogP contribution in [0.25, 0.3) is 11.0 Å². The molecule has 1 aliphatic heterocycles. The molecule has 1 aromatic heterocycles. The third-order valence-corrected chi connectivity index (χ3v) is 4.32. The van der Waals surface area contributed by atoms with Crippen molar-refractivity contribution in [2.45, 2.75) is 24.5 Å². The summed E-state index contributed by atoms with van der Waals surface area (Å²) in [6, 6.07) is 2.74. The maximum absolute atomic E-state index is 12.1. The second-order valence-corrected chi connectivity index (χ2v) is 5.75. The number of rotatable bonds is 4. The molecule has 1 saturated heterocycles. The third-order valence-electron chi connectivity index (χ3n) is 4.32. The minimum absolute atomic E-state index is 0.0155. The molecule has 2 aromatic rings. The number of nitrogens with zero attached hydrogens (tertiary/aromatic N) is 2. The number of esters is 2. The fourth-order valence-corrected chi connectivity index (χ4v) is 2.94. The molecule has 4 atom stereocenters. The van der Waals surface area contributed by atoms with Crippen molar-refractivity contribution in [2.75, 3.05) is 20.8 Å². The Morgan fingerprint density at radius 3 is 2.31 bits per heavy atom. The quantitative estimate of drug-likeness (QED) is 0.594. The number of methoxy groups -OCH3 is 2. The predicted octanol–water partition coefficient (Wildman–Crippen LogP) is -0.779. The third kappa shape index (κ3) is 2.82. The predicted molar refractivity (Wildman–Crippen MR) is 85.4 cm³/mol. The fraction of sp³-hybridized carbons (Fsp3) is 0.438. The molecule has 10 heteroatoms. The molecular formula is C16H18N2O8. The lowest BCUT2D eigenvalue weighted by molar-refractivity contribution is -0.0508. The lowest BCUT2D eigenvalue weighted by Gasteiger charge is -2.17. The molecule has 1 aliphatic rings. The molecule has 10 nitrogen and oxygen atoms in total. The molecular weight excluding hydrogens is 348 g/mol. The first-order chi connectivity index (χ1) is 12.4. The summed E-state index contributed by atoms with van der Waals surface area (Å²) in [5, 5.41) is 29.3. The van der Waals surface area contributed by atoms with Gasteiger partial charge in [-0.1, -0.05) is 0 Å². The molecule has 0 radical (unpaired) electrons. The molecule has 1 fully saturated rings. The fourth-order valence-electron chi connectivity index (χ4n) is 2.94. The Hall–Kier alpha value is -2.53. The molecule has 3 N–H and O–H groups in total. The summed E-state index contributed by atoms with van der Waals surface area (Å²) in [6.45, 7) is -0.471. The van der Waals surface area contributed by atoms with Crippen LogP contribution < -0.4 is 0 Å². The van der Waals surface area contributed by atoms with Crippen LogP contribution in [-0.2, 0) is 14.2 Å². The van der Waals surface area contributed by atoms with Gasteiger partial charge in [0.2, 0.25) is 0 Å². The van der Waals surface area contributed by atoms with Crippen LogP contribution in [0.1, 0.15) is 26.9 Å². The second-order valence-electron chi connectivity index (χ2n) is 5.75. The number of aromatic nitrogens is 2. The number of benzene rings is 1. The molecule has 1 aromatic carbocycles. The first kappa shape index (κ1) is 18.3. The first-order valence-corrected chi connectivity index (χ1v) is 7.72. The highest BCUT2D eigenvalue weighted by Crippen LogP contribution is 2.32. The summed E-state index contributed by atoms with van der Waals surface area (Å²) in [5.41, 5.74) is 0.655. The van der Waals surface area contributed by atoms with Crippen molar-refractivity contribution in [1.82, 2.24) is 9.55 Å². The van der Waals surface area contributed by atoms with Gasteiger partial charge in [-0.15, -0.1) is 0 Å². The van der Waals surface area contributed by atoms with Crippen molar-refractivity contribution >= 4 is 23.0 Å². The van der Waals surface area contributed by atoms with Crippen LogP contribution in [0, 0.1) is 0 Å². The molecule has 2 heterocycles. The minimum Gasteiger partial charge on any atom is -0.465 e. The number of carbonyl (C=O) groups is 2. The van der Waals surface area contributed by atoms with Gasteiger partial charge in [0, 0.05) is 0 Å². The Morgan fingerprint density at radius 2 is 1.77 bits per heavy atom. The molecule has 140 valence electrons. The number of ether oxygens (including phenoxy) is 3. The van der Waals surface area contributed by atoms with Crippen LogP contribution >= 0.6 is 0 Å². The van der Waals surface area contributed by atoms with Crippen molar-refractivity contribution in [3.8, 4) is 0 Å². The number of imidazole rings is 1. The second kappa shape index (κ2) is 7.00. The Kier molecular flexibility index (Phi) is 4.92. The summed E-state index contributed by atoms with van der Waals surface area (Å²) >= 11 is 0. The zero-order chi connectivity index (χ0) is 19.0. The standard InChI is InChI=1S/C16H18N2O8/c1-24-15(22)7-3-9-10(4-8(7)16(23)25-2)18(6-17-9)14-13(21)12(20)11(5-19)26-14/h3-4,6,11-14,19-21H,5H2,1-2H3/t11-,12-,13-,14-/m1/s1. The van der Waals surface area contributed by atoms with Crippen LogP contribution in [0.15, 0.2) is 18.5 Å². The molecule has 0 spiro atoms. The SMILES string of the molecule is COC(=O)c1cc2ncn([C@@H]3O[C@H](CO)[C@@H](O)[C@H]3O)c2cc1C(=O)OC. The average Bonchev–Trinajstić information content (AvgIpc) is 3.20. The molecule has 0 unspecified atom stereocenters. The molecule has 0 aliphatic carbocycles. The monoisotopic (exact) mass is 366 g/mol. The van der Waals surface area contributed by atoms with Gasteiger partial charge in [-0.05, 0) is 12.1 Å². The highest BCUT2D eigenvalue weighted by molar-refractivity contribution is 6.06. The summed E-state index contributed by atoms with van der Waals surface area (Å²) < 4.78 is 16.3. The van der Waals surface area contributed by atoms with E-state index in [1.165, 1.54) is 37.2 Å². The number of aliphatic hydroxyl groups excluding tert-OH is 3. The molecule has 3 rings (SSSR count). The van der Waals surface area contributed by atoms with E-state index in [1.54, 1.807) is 0 Å². The number of carbonyl (C=O) groups excluding carboxylic acids is 2. The van der Waals surface area contributed by atoms with E-state index in [-0.39, 0.29) is 11.1 Å². The minimum atomic E-state index is -1.31. The lowest BCUT2D eigenvalue weighted by Crippen LogP contribution is -2.33. The van der Waals surface area contributed by atoms with E-state index in [9.17, 15) is 24.9 Å². The Morgan fingerprint density at radius 1 is 1.15 bits per heavy atom. The van der Waals surface area contributed by atoms with Crippen molar-refractivity contribution in [3.63, 3.8) is 0 Å². The van der Waals surface area contributed by atoms with Crippen molar-refractivity contribution in [3.05, 3.63) is 29.6 Å². The summed E-state index contributed by atoms with van der Waals surface area (Å²) in [4.78, 5) is 28.1. The van der Waals surface area contributed by atoms with Crippen LogP contribution in [0.2, 0.25) is 0 Å². The number of hydrogen-bond donors (Lipinski definition) is 3. The van der Waals surface area contributed by atoms with Crippen LogP contribution in [-0.4, -0.2) is 75.9 Å². The van der Waals surface area contributed by atoms with E-state index >= 15 is 0 Å². The van der Waals surface area contributed by atoms with Gasteiger partial charge in [-0.2, -0.15) is 0 Å². The number of fused-ring (bicyclic) bond motifs is 1. The van der Waals surface area contributed by atoms with E-state index in [4.69, 9.17) is 9.47 Å². The van der Waals surface area contributed by atoms with Gasteiger partial charge in [-0.3, -0.25) is 0 Å². The van der Waals surface area contributed by atoms with Gasteiger partial charge in [0.25, 0.3) is 0 Å². The smallest absolute Gasteiger partial charge is 0.338 e. The lowest BCUT2D eigenvalue weighted by atomic mass is 10.1. The molecule has 0 bridgehead atoms. The van der Waals surface area contributed by atoms with E-state index in [2.05, 4.69) is 9.72 Å².